The summed E-state index contributed by atoms with van der Waals surface area (Å²) in [6.07, 6.45) is 5.88. The van der Waals surface area contributed by atoms with Crippen LogP contribution in [-0.2, 0) is 0 Å². The highest BCUT2D eigenvalue weighted by atomic mass is 35.5. The lowest BCUT2D eigenvalue weighted by molar-refractivity contribution is 0.106. The first-order valence-electron chi connectivity index (χ1n) is 8.59. The van der Waals surface area contributed by atoms with E-state index in [4.69, 9.17) is 11.6 Å². The van der Waals surface area contributed by atoms with Gasteiger partial charge in [0.15, 0.2) is 0 Å². The first-order valence-corrected chi connectivity index (χ1v) is 8.97. The van der Waals surface area contributed by atoms with E-state index in [9.17, 15) is 0 Å². The number of aromatic nitrogens is 1. The van der Waals surface area contributed by atoms with Gasteiger partial charge in [-0.25, -0.2) is 4.98 Å². The maximum atomic E-state index is 5.92. The molecule has 0 spiro atoms. The molecule has 2 aliphatic rings. The van der Waals surface area contributed by atoms with Crippen molar-refractivity contribution in [3.8, 4) is 0 Å². The molecule has 22 heavy (non-hydrogen) atoms. The Labute approximate surface area is 139 Å². The van der Waals surface area contributed by atoms with E-state index in [2.05, 4.69) is 26.6 Å². The molecule has 1 atom stereocenters. The van der Waals surface area contributed by atoms with Crippen LogP contribution in [0.5, 0.6) is 0 Å². The first kappa shape index (κ1) is 16.0. The Hall–Kier alpha value is -0.840. The number of hydrogen-bond donors (Lipinski definition) is 0. The van der Waals surface area contributed by atoms with E-state index in [1.165, 1.54) is 38.9 Å². The minimum atomic E-state index is 0.708. The van der Waals surface area contributed by atoms with Crippen molar-refractivity contribution in [1.82, 2.24) is 14.8 Å². The zero-order valence-electron chi connectivity index (χ0n) is 13.5. The minimum Gasteiger partial charge on any atom is -0.354 e. The van der Waals surface area contributed by atoms with E-state index in [0.29, 0.717) is 5.02 Å². The van der Waals surface area contributed by atoms with Crippen molar-refractivity contribution < 1.29 is 0 Å². The van der Waals surface area contributed by atoms with Gasteiger partial charge in [-0.05, 0) is 38.1 Å². The topological polar surface area (TPSA) is 22.6 Å². The van der Waals surface area contributed by atoms with Gasteiger partial charge in [-0.15, -0.1) is 0 Å². The third-order valence-electron chi connectivity index (χ3n) is 5.03. The lowest BCUT2D eigenvalue weighted by Gasteiger charge is -2.41. The maximum absolute atomic E-state index is 5.92. The number of pyridine rings is 1. The molecular formula is C17H27ClN4. The predicted molar refractivity (Wildman–Crippen MR) is 92.8 cm³/mol. The van der Waals surface area contributed by atoms with E-state index in [1.54, 1.807) is 6.20 Å². The molecule has 2 aliphatic heterocycles. The van der Waals surface area contributed by atoms with Gasteiger partial charge >= 0.3 is 0 Å². The average molecular weight is 323 g/mol. The molecule has 0 radical (unpaired) electrons. The van der Waals surface area contributed by atoms with Crippen molar-refractivity contribution in [2.75, 3.05) is 50.7 Å². The Morgan fingerprint density at radius 3 is 2.64 bits per heavy atom. The molecule has 1 aromatic rings. The molecule has 5 heteroatoms. The Kier molecular flexibility index (Phi) is 5.55. The Bertz CT molecular complexity index is 456. The van der Waals surface area contributed by atoms with E-state index in [-0.39, 0.29) is 0 Å². The van der Waals surface area contributed by atoms with Gasteiger partial charge in [-0.3, -0.25) is 9.80 Å². The van der Waals surface area contributed by atoms with E-state index >= 15 is 0 Å². The fourth-order valence-electron chi connectivity index (χ4n) is 3.70. The van der Waals surface area contributed by atoms with Crippen LogP contribution >= 0.6 is 11.6 Å². The molecule has 3 heterocycles. The van der Waals surface area contributed by atoms with Crippen molar-refractivity contribution in [2.45, 2.75) is 32.2 Å². The molecule has 1 aromatic heterocycles. The number of halogens is 1. The Morgan fingerprint density at radius 1 is 1.14 bits per heavy atom. The minimum absolute atomic E-state index is 0.708. The van der Waals surface area contributed by atoms with Gasteiger partial charge in [0.05, 0.1) is 5.02 Å². The summed E-state index contributed by atoms with van der Waals surface area (Å²) < 4.78 is 0. The third-order valence-corrected chi connectivity index (χ3v) is 5.26. The highest BCUT2D eigenvalue weighted by Gasteiger charge is 2.25. The molecule has 0 saturated carbocycles. The molecule has 4 nitrogen and oxygen atoms in total. The zero-order chi connectivity index (χ0) is 15.4. The Balaban J connectivity index is 1.50. The van der Waals surface area contributed by atoms with Crippen LogP contribution in [-0.4, -0.2) is 66.6 Å². The number of piperidine rings is 1. The zero-order valence-corrected chi connectivity index (χ0v) is 14.3. The molecular weight excluding hydrogens is 296 g/mol. The molecule has 3 rings (SSSR count). The summed E-state index contributed by atoms with van der Waals surface area (Å²) in [7, 11) is 0. The summed E-state index contributed by atoms with van der Waals surface area (Å²) in [6, 6.07) is 4.72. The summed E-state index contributed by atoms with van der Waals surface area (Å²) in [5.41, 5.74) is 0. The molecule has 0 bridgehead atoms. The molecule has 0 aliphatic carbocycles. The number of hydrogen-bond acceptors (Lipinski definition) is 4. The predicted octanol–water partition coefficient (Wildman–Crippen LogP) is 2.73. The van der Waals surface area contributed by atoms with Gasteiger partial charge in [-0.2, -0.15) is 0 Å². The van der Waals surface area contributed by atoms with Gasteiger partial charge < -0.3 is 4.90 Å². The molecule has 0 unspecified atom stereocenters. The van der Waals surface area contributed by atoms with Crippen LogP contribution in [0.3, 0.4) is 0 Å². The fourth-order valence-corrected chi connectivity index (χ4v) is 3.81. The van der Waals surface area contributed by atoms with E-state index < -0.39 is 0 Å². The number of piperazine rings is 1. The average Bonchev–Trinajstić information content (AvgIpc) is 2.57. The lowest BCUT2D eigenvalue weighted by Crippen LogP contribution is -2.52. The van der Waals surface area contributed by atoms with Crippen molar-refractivity contribution in [3.05, 3.63) is 23.4 Å². The van der Waals surface area contributed by atoms with Crippen molar-refractivity contribution in [2.24, 2.45) is 0 Å². The van der Waals surface area contributed by atoms with E-state index in [1.807, 2.05) is 12.1 Å². The monoisotopic (exact) mass is 322 g/mol. The van der Waals surface area contributed by atoms with Crippen LogP contribution in [0.15, 0.2) is 18.3 Å². The SMILES string of the molecule is CCN1CCCC[C@H]1CN1CCN(c2ccc(Cl)cn2)CC1. The smallest absolute Gasteiger partial charge is 0.128 e. The number of anilines is 1. The van der Waals surface area contributed by atoms with Gasteiger partial charge in [-0.1, -0.05) is 24.9 Å². The molecule has 0 amide bonds. The van der Waals surface area contributed by atoms with Crippen LogP contribution in [0, 0.1) is 0 Å². The second kappa shape index (κ2) is 7.62. The molecule has 0 aromatic carbocycles. The second-order valence-corrected chi connectivity index (χ2v) is 6.84. The van der Waals surface area contributed by atoms with Crippen LogP contribution in [0.25, 0.3) is 0 Å². The standard InChI is InChI=1S/C17H27ClN4/c1-2-21-8-4-3-5-16(21)14-20-9-11-22(12-10-20)17-7-6-15(18)13-19-17/h6-7,13,16H,2-5,8-12,14H2,1H3/t16-/m0/s1. The fraction of sp³-hybridized carbons (Fsp3) is 0.706. The molecule has 2 saturated heterocycles. The number of nitrogens with zero attached hydrogens (tertiary/aromatic N) is 4. The highest BCUT2D eigenvalue weighted by molar-refractivity contribution is 6.30. The number of likely N-dealkylation sites (tertiary alicyclic amines) is 1. The maximum Gasteiger partial charge on any atom is 0.128 e. The summed E-state index contributed by atoms with van der Waals surface area (Å²) in [4.78, 5) is 12.1. The van der Waals surface area contributed by atoms with Gasteiger partial charge in [0, 0.05) is 45.0 Å². The summed E-state index contributed by atoms with van der Waals surface area (Å²) in [6.45, 7) is 10.4. The number of rotatable bonds is 4. The van der Waals surface area contributed by atoms with Gasteiger partial charge in [0.2, 0.25) is 0 Å². The van der Waals surface area contributed by atoms with Crippen LogP contribution in [0.2, 0.25) is 5.02 Å². The lowest BCUT2D eigenvalue weighted by atomic mass is 10.0. The second-order valence-electron chi connectivity index (χ2n) is 6.40. The Morgan fingerprint density at radius 2 is 1.95 bits per heavy atom. The van der Waals surface area contributed by atoms with Crippen molar-refractivity contribution in [3.63, 3.8) is 0 Å². The van der Waals surface area contributed by atoms with Crippen molar-refractivity contribution in [1.29, 1.82) is 0 Å². The highest BCUT2D eigenvalue weighted by Crippen LogP contribution is 2.20. The van der Waals surface area contributed by atoms with Crippen molar-refractivity contribution >= 4 is 17.4 Å². The van der Waals surface area contributed by atoms with Crippen LogP contribution in [0.4, 0.5) is 5.82 Å². The van der Waals surface area contributed by atoms with E-state index in [0.717, 1.165) is 38.0 Å². The number of likely N-dealkylation sites (N-methyl/N-ethyl adjacent to an activating group) is 1. The summed E-state index contributed by atoms with van der Waals surface area (Å²) >= 11 is 5.92. The first-order chi connectivity index (χ1) is 10.8. The quantitative estimate of drug-likeness (QED) is 0.850. The third kappa shape index (κ3) is 3.92. The molecule has 122 valence electrons. The van der Waals surface area contributed by atoms with Gasteiger partial charge in [0.1, 0.15) is 5.82 Å². The normalized spacial score (nSPS) is 24.6. The molecule has 0 N–H and O–H groups in total. The van der Waals surface area contributed by atoms with Crippen LogP contribution in [0.1, 0.15) is 26.2 Å². The van der Waals surface area contributed by atoms with Gasteiger partial charge in [0.25, 0.3) is 0 Å². The summed E-state index contributed by atoms with van der Waals surface area (Å²) in [5.74, 6) is 1.05. The summed E-state index contributed by atoms with van der Waals surface area (Å²) in [5, 5.41) is 0.708. The largest absolute Gasteiger partial charge is 0.354 e. The van der Waals surface area contributed by atoms with Crippen LogP contribution < -0.4 is 4.90 Å². The molecule has 2 fully saturated rings.